The number of H-pyrrole nitrogens is 1. The van der Waals surface area contributed by atoms with Crippen molar-refractivity contribution < 1.29 is 9.53 Å². The van der Waals surface area contributed by atoms with Gasteiger partial charge in [0.2, 0.25) is 5.90 Å². The van der Waals surface area contributed by atoms with Gasteiger partial charge in [0.15, 0.2) is 5.54 Å². The summed E-state index contributed by atoms with van der Waals surface area (Å²) in [5.41, 5.74) is 3.51. The van der Waals surface area contributed by atoms with Crippen LogP contribution in [0.25, 0.3) is 10.9 Å². The van der Waals surface area contributed by atoms with E-state index in [-0.39, 0.29) is 18.1 Å². The van der Waals surface area contributed by atoms with Crippen molar-refractivity contribution in [3.05, 3.63) is 47.2 Å². The lowest BCUT2D eigenvalue weighted by molar-refractivity contribution is -0.136. The van der Waals surface area contributed by atoms with Gasteiger partial charge in [0.05, 0.1) is 24.7 Å². The number of rotatable bonds is 3. The minimum Gasteiger partial charge on any atom is -0.409 e. The van der Waals surface area contributed by atoms with E-state index in [1.54, 1.807) is 0 Å². The van der Waals surface area contributed by atoms with Crippen molar-refractivity contribution in [2.75, 3.05) is 6.54 Å². The maximum absolute atomic E-state index is 12.2. The van der Waals surface area contributed by atoms with Crippen molar-refractivity contribution >= 4 is 29.0 Å². The lowest BCUT2D eigenvalue weighted by atomic mass is 9.78. The number of aromatic amines is 1. The minimum atomic E-state index is -0.824. The minimum absolute atomic E-state index is 0.138. The number of carbonyl (C=O) groups is 1. The second kappa shape index (κ2) is 6.41. The smallest absolute Gasteiger partial charge is 0.314 e. The molecule has 0 spiro atoms. The number of aromatic nitrogens is 1. The van der Waals surface area contributed by atoms with Crippen molar-refractivity contribution in [1.29, 1.82) is 0 Å². The molecule has 0 radical (unpaired) electrons. The molecule has 0 saturated carbocycles. The van der Waals surface area contributed by atoms with Gasteiger partial charge in [-0.2, -0.15) is 0 Å². The number of aliphatic imine (C=N–C) groups is 2. The van der Waals surface area contributed by atoms with Crippen LogP contribution < -0.4 is 5.32 Å². The molecule has 3 unspecified atom stereocenters. The molecule has 0 bridgehead atoms. The van der Waals surface area contributed by atoms with Gasteiger partial charge in [0.25, 0.3) is 0 Å². The molecule has 0 amide bonds. The van der Waals surface area contributed by atoms with Crippen LogP contribution in [0.1, 0.15) is 37.9 Å². The van der Waals surface area contributed by atoms with E-state index in [0.29, 0.717) is 18.9 Å². The molecule has 2 aromatic rings. The van der Waals surface area contributed by atoms with E-state index in [4.69, 9.17) is 4.74 Å². The predicted octanol–water partition coefficient (Wildman–Crippen LogP) is 3.03. The normalized spacial score (nSPS) is 29.4. The van der Waals surface area contributed by atoms with Crippen LogP contribution in [0.4, 0.5) is 0 Å². The van der Waals surface area contributed by atoms with Crippen molar-refractivity contribution in [3.8, 4) is 0 Å². The number of fused-ring (bicyclic) bond motifs is 3. The van der Waals surface area contributed by atoms with Gasteiger partial charge in [-0.25, -0.2) is 0 Å². The SMILES string of the molecule is CCC1C=C(C2(C3=NCCC(=O)O3)NC(C)Cc3c2[nH]c2ccccc32)C=N1. The van der Waals surface area contributed by atoms with Gasteiger partial charge in [-0.05, 0) is 31.4 Å². The fourth-order valence-corrected chi connectivity index (χ4v) is 4.60. The van der Waals surface area contributed by atoms with Gasteiger partial charge in [0, 0.05) is 28.7 Å². The van der Waals surface area contributed by atoms with Gasteiger partial charge in [-0.15, -0.1) is 0 Å². The van der Waals surface area contributed by atoms with Crippen molar-refractivity contribution in [3.63, 3.8) is 0 Å². The van der Waals surface area contributed by atoms with E-state index in [2.05, 4.69) is 58.4 Å². The highest BCUT2D eigenvalue weighted by molar-refractivity contribution is 6.06. The molecule has 0 fully saturated rings. The Morgan fingerprint density at radius 3 is 2.96 bits per heavy atom. The largest absolute Gasteiger partial charge is 0.409 e. The molecule has 1 aromatic carbocycles. The summed E-state index contributed by atoms with van der Waals surface area (Å²) >= 11 is 0. The second-order valence-electron chi connectivity index (χ2n) is 7.81. The van der Waals surface area contributed by atoms with Crippen LogP contribution in [-0.4, -0.2) is 41.7 Å². The Balaban J connectivity index is 1.79. The second-order valence-corrected chi connectivity index (χ2v) is 7.81. The number of hydrogen-bond acceptors (Lipinski definition) is 5. The van der Waals surface area contributed by atoms with E-state index in [9.17, 15) is 4.79 Å². The summed E-state index contributed by atoms with van der Waals surface area (Å²) in [5.74, 6) is 0.196. The zero-order valence-corrected chi connectivity index (χ0v) is 16.2. The Kier molecular flexibility index (Phi) is 3.98. The lowest BCUT2D eigenvalue weighted by Gasteiger charge is -2.42. The maximum atomic E-state index is 12.2. The average molecular weight is 376 g/mol. The van der Waals surface area contributed by atoms with Gasteiger partial charge in [0.1, 0.15) is 0 Å². The van der Waals surface area contributed by atoms with Crippen molar-refractivity contribution in [2.45, 2.75) is 50.7 Å². The third kappa shape index (κ3) is 2.48. The van der Waals surface area contributed by atoms with Crippen molar-refractivity contribution in [1.82, 2.24) is 10.3 Å². The number of nitrogens with one attached hydrogen (secondary N) is 2. The molecule has 1 aromatic heterocycles. The summed E-state index contributed by atoms with van der Waals surface area (Å²) in [6.07, 6.45) is 6.23. The Morgan fingerprint density at radius 1 is 1.32 bits per heavy atom. The lowest BCUT2D eigenvalue weighted by Crippen LogP contribution is -2.59. The van der Waals surface area contributed by atoms with Crippen molar-refractivity contribution in [2.24, 2.45) is 9.98 Å². The molecule has 144 valence electrons. The number of nitrogens with zero attached hydrogens (tertiary/aromatic N) is 2. The quantitative estimate of drug-likeness (QED) is 0.808. The zero-order valence-electron chi connectivity index (χ0n) is 16.2. The molecule has 6 heteroatoms. The molecule has 3 aliphatic rings. The first-order valence-corrected chi connectivity index (χ1v) is 10.0. The molecule has 3 atom stereocenters. The molecule has 2 N–H and O–H groups in total. The standard InChI is InChI=1S/C22H24N4O2/c1-3-15-11-14(12-24-15)22(21-23-9-8-19(27)28-21)20-17(10-13(2)26-22)16-6-4-5-7-18(16)25-20/h4-7,11-13,15,25-26H,3,8-10H2,1-2H3. The molecule has 0 aliphatic carbocycles. The molecule has 28 heavy (non-hydrogen) atoms. The third-order valence-corrected chi connectivity index (χ3v) is 5.89. The topological polar surface area (TPSA) is 78.8 Å². The molecule has 4 heterocycles. The monoisotopic (exact) mass is 376 g/mol. The fourth-order valence-electron chi connectivity index (χ4n) is 4.60. The Morgan fingerprint density at radius 2 is 2.18 bits per heavy atom. The summed E-state index contributed by atoms with van der Waals surface area (Å²) in [6, 6.07) is 8.65. The van der Waals surface area contributed by atoms with Crippen LogP contribution in [0, 0.1) is 0 Å². The summed E-state index contributed by atoms with van der Waals surface area (Å²) in [7, 11) is 0. The number of ether oxygens (including phenoxy) is 1. The molecule has 5 rings (SSSR count). The highest BCUT2D eigenvalue weighted by Gasteiger charge is 2.51. The summed E-state index contributed by atoms with van der Waals surface area (Å²) in [5, 5.41) is 4.93. The number of cyclic esters (lactones) is 1. The summed E-state index contributed by atoms with van der Waals surface area (Å²) in [6.45, 7) is 4.73. The highest BCUT2D eigenvalue weighted by Crippen LogP contribution is 2.42. The van der Waals surface area contributed by atoms with E-state index >= 15 is 0 Å². The molecule has 0 saturated heterocycles. The summed E-state index contributed by atoms with van der Waals surface area (Å²) in [4.78, 5) is 25.1. The highest BCUT2D eigenvalue weighted by atomic mass is 16.5. The number of hydrogen-bond donors (Lipinski definition) is 2. The fraction of sp³-hybridized carbons (Fsp3) is 0.409. The van der Waals surface area contributed by atoms with Gasteiger partial charge in [-0.1, -0.05) is 31.2 Å². The van der Waals surface area contributed by atoms with Gasteiger partial charge in [-0.3, -0.25) is 20.1 Å². The number of carbonyl (C=O) groups excluding carboxylic acids is 1. The first kappa shape index (κ1) is 17.4. The first-order valence-electron chi connectivity index (χ1n) is 10.0. The summed E-state index contributed by atoms with van der Waals surface area (Å²) < 4.78 is 5.74. The Labute approximate surface area is 163 Å². The van der Waals surface area contributed by atoms with Crippen LogP contribution in [0.5, 0.6) is 0 Å². The van der Waals surface area contributed by atoms with Gasteiger partial charge >= 0.3 is 5.97 Å². The zero-order chi connectivity index (χ0) is 19.3. The first-order chi connectivity index (χ1) is 13.6. The van der Waals surface area contributed by atoms with E-state index in [0.717, 1.165) is 29.6 Å². The number of para-hydroxylation sites is 1. The van der Waals surface area contributed by atoms with Gasteiger partial charge < -0.3 is 9.72 Å². The van der Waals surface area contributed by atoms with E-state index in [1.165, 1.54) is 10.9 Å². The molecular formula is C22H24N4O2. The van der Waals surface area contributed by atoms with Crippen LogP contribution in [0.3, 0.4) is 0 Å². The molecule has 3 aliphatic heterocycles. The Hall–Kier alpha value is -2.73. The van der Waals surface area contributed by atoms with Crippen LogP contribution >= 0.6 is 0 Å². The third-order valence-electron chi connectivity index (χ3n) is 5.89. The van der Waals surface area contributed by atoms with E-state index in [1.807, 2.05) is 12.3 Å². The van der Waals surface area contributed by atoms with Crippen LogP contribution in [0.15, 0.2) is 45.9 Å². The maximum Gasteiger partial charge on any atom is 0.314 e. The Bertz CT molecular complexity index is 1050. The van der Waals surface area contributed by atoms with Crippen LogP contribution in [-0.2, 0) is 21.5 Å². The molecule has 6 nitrogen and oxygen atoms in total. The van der Waals surface area contributed by atoms with Crippen LogP contribution in [0.2, 0.25) is 0 Å². The molecular weight excluding hydrogens is 352 g/mol. The average Bonchev–Trinajstić information content (AvgIpc) is 3.32. The predicted molar refractivity (Wildman–Crippen MR) is 110 cm³/mol. The van der Waals surface area contributed by atoms with E-state index < -0.39 is 5.54 Å². The number of esters is 1. The number of benzene rings is 1.